The van der Waals surface area contributed by atoms with Gasteiger partial charge in [0.25, 0.3) is 5.91 Å². The molecular weight excluding hydrogens is 302 g/mol. The van der Waals surface area contributed by atoms with E-state index in [9.17, 15) is 4.79 Å². The number of hydrogen-bond acceptors (Lipinski definition) is 5. The van der Waals surface area contributed by atoms with Gasteiger partial charge in [0.1, 0.15) is 0 Å². The van der Waals surface area contributed by atoms with E-state index in [-0.39, 0.29) is 5.91 Å². The molecule has 0 bridgehead atoms. The molecule has 1 saturated heterocycles. The molecule has 24 heavy (non-hydrogen) atoms. The number of amides is 1. The molecule has 3 rings (SSSR count). The van der Waals surface area contributed by atoms with Crippen LogP contribution in [0.5, 0.6) is 0 Å². The second-order valence-electron chi connectivity index (χ2n) is 6.07. The summed E-state index contributed by atoms with van der Waals surface area (Å²) in [4.78, 5) is 27.3. The van der Waals surface area contributed by atoms with E-state index in [1.165, 1.54) is 6.42 Å². The Labute approximate surface area is 142 Å². The van der Waals surface area contributed by atoms with Gasteiger partial charge in [0.05, 0.1) is 5.56 Å². The lowest BCUT2D eigenvalue weighted by molar-refractivity contribution is 0.0607. The number of pyridine rings is 1. The highest BCUT2D eigenvalue weighted by atomic mass is 16.2. The molecule has 6 nitrogen and oxygen atoms in total. The predicted molar refractivity (Wildman–Crippen MR) is 92.6 cm³/mol. The molecule has 1 aliphatic rings. The van der Waals surface area contributed by atoms with Gasteiger partial charge < -0.3 is 10.2 Å². The van der Waals surface area contributed by atoms with Crippen molar-refractivity contribution in [2.24, 2.45) is 0 Å². The molecule has 2 aromatic rings. The average Bonchev–Trinajstić information content (AvgIpc) is 2.67. The molecule has 6 heteroatoms. The van der Waals surface area contributed by atoms with Crippen LogP contribution in [0.1, 0.15) is 48.5 Å². The molecule has 3 heterocycles. The fourth-order valence-corrected chi connectivity index (χ4v) is 3.07. The van der Waals surface area contributed by atoms with Gasteiger partial charge in [-0.1, -0.05) is 13.0 Å². The Hall–Kier alpha value is -2.50. The van der Waals surface area contributed by atoms with Crippen molar-refractivity contribution in [3.63, 3.8) is 0 Å². The Balaban J connectivity index is 1.62. The third kappa shape index (κ3) is 3.88. The number of carbonyl (C=O) groups is 1. The molecule has 126 valence electrons. The van der Waals surface area contributed by atoms with Crippen molar-refractivity contribution in [1.82, 2.24) is 19.9 Å². The second kappa shape index (κ2) is 7.86. The minimum atomic E-state index is 0.0420. The Morgan fingerprint density at radius 3 is 2.83 bits per heavy atom. The lowest BCUT2D eigenvalue weighted by Crippen LogP contribution is -2.43. The highest BCUT2D eigenvalue weighted by Crippen LogP contribution is 2.21. The van der Waals surface area contributed by atoms with Crippen LogP contribution in [0.4, 0.5) is 5.95 Å². The molecule has 0 radical (unpaired) electrons. The summed E-state index contributed by atoms with van der Waals surface area (Å²) >= 11 is 0. The van der Waals surface area contributed by atoms with Gasteiger partial charge in [-0.25, -0.2) is 9.97 Å². The maximum Gasteiger partial charge on any atom is 0.257 e. The summed E-state index contributed by atoms with van der Waals surface area (Å²) in [6.45, 7) is 3.57. The van der Waals surface area contributed by atoms with Crippen LogP contribution in [0, 0.1) is 0 Å². The van der Waals surface area contributed by atoms with Crippen LogP contribution in [-0.2, 0) is 6.54 Å². The van der Waals surface area contributed by atoms with Crippen LogP contribution in [0.15, 0.2) is 36.9 Å². The first-order valence-corrected chi connectivity index (χ1v) is 8.53. The van der Waals surface area contributed by atoms with E-state index >= 15 is 0 Å². The highest BCUT2D eigenvalue weighted by molar-refractivity contribution is 5.94. The van der Waals surface area contributed by atoms with Gasteiger partial charge in [-0.2, -0.15) is 0 Å². The van der Waals surface area contributed by atoms with Crippen molar-refractivity contribution < 1.29 is 4.79 Å². The quantitative estimate of drug-likeness (QED) is 0.915. The fourth-order valence-electron chi connectivity index (χ4n) is 3.07. The third-order valence-electron chi connectivity index (χ3n) is 4.43. The van der Waals surface area contributed by atoms with Gasteiger partial charge in [0.15, 0.2) is 0 Å². The molecule has 0 saturated carbocycles. The number of rotatable bonds is 5. The summed E-state index contributed by atoms with van der Waals surface area (Å²) in [5.74, 6) is 0.557. The first kappa shape index (κ1) is 16.4. The maximum absolute atomic E-state index is 12.7. The number of anilines is 1. The molecule has 1 unspecified atom stereocenters. The van der Waals surface area contributed by atoms with Crippen LogP contribution in [0.3, 0.4) is 0 Å². The highest BCUT2D eigenvalue weighted by Gasteiger charge is 2.26. The molecule has 1 amide bonds. The molecular formula is C18H23N5O. The minimum Gasteiger partial charge on any atom is -0.350 e. The standard InChI is InChI=1S/C18H23N5O/c1-2-16-7-3-4-9-23(16)17(24)15-12-21-18(22-13-15)20-11-14-6-5-8-19-10-14/h5-6,8,10,12-13,16H,2-4,7,9,11H2,1H3,(H,20,21,22). The number of hydrogen-bond donors (Lipinski definition) is 1. The SMILES string of the molecule is CCC1CCCCN1C(=O)c1cnc(NCc2cccnc2)nc1. The van der Waals surface area contributed by atoms with Crippen LogP contribution in [0.25, 0.3) is 0 Å². The number of nitrogens with zero attached hydrogens (tertiary/aromatic N) is 4. The van der Waals surface area contributed by atoms with Gasteiger partial charge in [0.2, 0.25) is 5.95 Å². The zero-order valence-electron chi connectivity index (χ0n) is 14.0. The van der Waals surface area contributed by atoms with Crippen molar-refractivity contribution in [3.05, 3.63) is 48.0 Å². The number of piperidine rings is 1. The summed E-state index contributed by atoms with van der Waals surface area (Å²) in [5, 5.41) is 3.14. The van der Waals surface area contributed by atoms with E-state index in [2.05, 4.69) is 27.2 Å². The van der Waals surface area contributed by atoms with Gasteiger partial charge in [-0.05, 0) is 37.3 Å². The average molecular weight is 325 g/mol. The van der Waals surface area contributed by atoms with Gasteiger partial charge in [-0.15, -0.1) is 0 Å². The third-order valence-corrected chi connectivity index (χ3v) is 4.43. The first-order chi connectivity index (χ1) is 11.8. The van der Waals surface area contributed by atoms with Crippen molar-refractivity contribution in [1.29, 1.82) is 0 Å². The van der Waals surface area contributed by atoms with Crippen LogP contribution >= 0.6 is 0 Å². The number of nitrogens with one attached hydrogen (secondary N) is 1. The largest absolute Gasteiger partial charge is 0.350 e. The summed E-state index contributed by atoms with van der Waals surface area (Å²) in [6.07, 6.45) is 11.1. The molecule has 0 aromatic carbocycles. The van der Waals surface area contributed by atoms with Crippen molar-refractivity contribution in [3.8, 4) is 0 Å². The van der Waals surface area contributed by atoms with Crippen molar-refractivity contribution in [2.75, 3.05) is 11.9 Å². The molecule has 1 atom stereocenters. The van der Waals surface area contributed by atoms with Crippen LogP contribution in [-0.4, -0.2) is 38.3 Å². The Bertz CT molecular complexity index is 659. The lowest BCUT2D eigenvalue weighted by atomic mass is 9.99. The maximum atomic E-state index is 12.7. The molecule has 1 aliphatic heterocycles. The Kier molecular flexibility index (Phi) is 5.36. The van der Waals surface area contributed by atoms with Gasteiger partial charge in [-0.3, -0.25) is 9.78 Å². The number of likely N-dealkylation sites (tertiary alicyclic amines) is 1. The lowest BCUT2D eigenvalue weighted by Gasteiger charge is -2.35. The molecule has 1 N–H and O–H groups in total. The first-order valence-electron chi connectivity index (χ1n) is 8.53. The van der Waals surface area contributed by atoms with E-state index in [1.807, 2.05) is 17.0 Å². The van der Waals surface area contributed by atoms with Gasteiger partial charge >= 0.3 is 0 Å². The fraction of sp³-hybridized carbons (Fsp3) is 0.444. The number of aromatic nitrogens is 3. The van der Waals surface area contributed by atoms with E-state index in [1.54, 1.807) is 24.8 Å². The van der Waals surface area contributed by atoms with Crippen LogP contribution in [0.2, 0.25) is 0 Å². The monoisotopic (exact) mass is 325 g/mol. The summed E-state index contributed by atoms with van der Waals surface area (Å²) in [6, 6.07) is 4.22. The second-order valence-corrected chi connectivity index (χ2v) is 6.07. The van der Waals surface area contributed by atoms with E-state index in [0.717, 1.165) is 31.4 Å². The smallest absolute Gasteiger partial charge is 0.257 e. The topological polar surface area (TPSA) is 71.0 Å². The van der Waals surface area contributed by atoms with Crippen molar-refractivity contribution >= 4 is 11.9 Å². The molecule has 1 fully saturated rings. The molecule has 2 aromatic heterocycles. The predicted octanol–water partition coefficient (Wildman–Crippen LogP) is 2.89. The van der Waals surface area contributed by atoms with Crippen molar-refractivity contribution in [2.45, 2.75) is 45.2 Å². The normalized spacial score (nSPS) is 17.5. The Morgan fingerprint density at radius 2 is 2.12 bits per heavy atom. The Morgan fingerprint density at radius 1 is 1.29 bits per heavy atom. The number of carbonyl (C=O) groups excluding carboxylic acids is 1. The van der Waals surface area contributed by atoms with E-state index in [0.29, 0.717) is 24.1 Å². The summed E-state index contributed by atoms with van der Waals surface area (Å²) in [5.41, 5.74) is 1.61. The summed E-state index contributed by atoms with van der Waals surface area (Å²) in [7, 11) is 0. The molecule has 0 aliphatic carbocycles. The van der Waals surface area contributed by atoms with Crippen LogP contribution < -0.4 is 5.32 Å². The molecule has 0 spiro atoms. The zero-order chi connectivity index (χ0) is 16.8. The minimum absolute atomic E-state index is 0.0420. The van der Waals surface area contributed by atoms with E-state index in [4.69, 9.17) is 0 Å². The zero-order valence-corrected chi connectivity index (χ0v) is 14.0. The van der Waals surface area contributed by atoms with Gasteiger partial charge in [0, 0.05) is 43.9 Å². The van der Waals surface area contributed by atoms with E-state index < -0.39 is 0 Å². The summed E-state index contributed by atoms with van der Waals surface area (Å²) < 4.78 is 0.